The Bertz CT molecular complexity index is 575. The molecule has 0 aliphatic rings. The van der Waals surface area contributed by atoms with E-state index in [0.29, 0.717) is 5.70 Å². The first-order chi connectivity index (χ1) is 8.66. The second-order valence-corrected chi connectivity index (χ2v) is 3.81. The normalized spacial score (nSPS) is 11.2. The highest BCUT2D eigenvalue weighted by Crippen LogP contribution is 2.17. The molecule has 0 bridgehead atoms. The van der Waals surface area contributed by atoms with E-state index in [2.05, 4.69) is 0 Å². The number of hydrogen-bond acceptors (Lipinski definition) is 3. The molecule has 0 atom stereocenters. The fourth-order valence-corrected chi connectivity index (χ4v) is 1.59. The van der Waals surface area contributed by atoms with Crippen LogP contribution < -0.4 is 5.73 Å². The Morgan fingerprint density at radius 3 is 2.22 bits per heavy atom. The molecule has 0 fully saturated rings. The summed E-state index contributed by atoms with van der Waals surface area (Å²) in [6.07, 6.45) is 1.83. The van der Waals surface area contributed by atoms with Crippen molar-refractivity contribution in [1.29, 1.82) is 0 Å². The molecule has 2 aromatic rings. The van der Waals surface area contributed by atoms with Crippen molar-refractivity contribution in [2.24, 2.45) is 5.73 Å². The molecule has 90 valence electrons. The molecule has 0 saturated heterocycles. The third-order valence-electron chi connectivity index (χ3n) is 2.53. The number of nitrogens with zero attached hydrogens (tertiary/aromatic N) is 1. The minimum atomic E-state index is -0.430. The van der Waals surface area contributed by atoms with E-state index in [1.54, 1.807) is 12.1 Å². The molecule has 0 saturated carbocycles. The van der Waals surface area contributed by atoms with Crippen LogP contribution in [0, 0.1) is 10.1 Å². The van der Waals surface area contributed by atoms with Crippen molar-refractivity contribution < 1.29 is 4.92 Å². The van der Waals surface area contributed by atoms with Crippen LogP contribution in [0.5, 0.6) is 0 Å². The van der Waals surface area contributed by atoms with Gasteiger partial charge in [-0.3, -0.25) is 10.1 Å². The van der Waals surface area contributed by atoms with Gasteiger partial charge in [0.15, 0.2) is 0 Å². The van der Waals surface area contributed by atoms with Gasteiger partial charge in [-0.25, -0.2) is 0 Å². The van der Waals surface area contributed by atoms with Gasteiger partial charge in [0.05, 0.1) is 4.92 Å². The quantitative estimate of drug-likeness (QED) is 0.509. The molecular formula is C14H12N2O2. The molecule has 0 aliphatic carbocycles. The van der Waals surface area contributed by atoms with E-state index in [1.165, 1.54) is 12.1 Å². The van der Waals surface area contributed by atoms with Crippen LogP contribution in [-0.2, 0) is 0 Å². The fourth-order valence-electron chi connectivity index (χ4n) is 1.59. The van der Waals surface area contributed by atoms with Crippen molar-refractivity contribution in [3.8, 4) is 0 Å². The molecule has 0 spiro atoms. The smallest absolute Gasteiger partial charge is 0.269 e. The summed E-state index contributed by atoms with van der Waals surface area (Å²) in [5, 5.41) is 10.5. The molecule has 4 nitrogen and oxygen atoms in total. The number of nitro benzene ring substituents is 1. The Labute approximate surface area is 105 Å². The van der Waals surface area contributed by atoms with Crippen LogP contribution in [-0.4, -0.2) is 4.92 Å². The van der Waals surface area contributed by atoms with E-state index in [0.717, 1.165) is 11.1 Å². The van der Waals surface area contributed by atoms with Crippen LogP contribution in [0.3, 0.4) is 0 Å². The first kappa shape index (κ1) is 11.9. The van der Waals surface area contributed by atoms with Gasteiger partial charge in [0.2, 0.25) is 0 Å². The number of nitro groups is 1. The Morgan fingerprint density at radius 2 is 1.67 bits per heavy atom. The molecule has 0 radical (unpaired) electrons. The second-order valence-electron chi connectivity index (χ2n) is 3.81. The first-order valence-corrected chi connectivity index (χ1v) is 5.44. The SMILES string of the molecule is NC(=Cc1ccccc1)c1ccc([N+](=O)[O-])cc1. The van der Waals surface area contributed by atoms with Gasteiger partial charge in [-0.1, -0.05) is 30.3 Å². The second kappa shape index (κ2) is 5.14. The monoisotopic (exact) mass is 240 g/mol. The van der Waals surface area contributed by atoms with Gasteiger partial charge in [0, 0.05) is 17.8 Å². The number of hydrogen-bond donors (Lipinski definition) is 1. The van der Waals surface area contributed by atoms with Gasteiger partial charge in [0.1, 0.15) is 0 Å². The fraction of sp³-hybridized carbons (Fsp3) is 0. The Balaban J connectivity index is 2.26. The summed E-state index contributed by atoms with van der Waals surface area (Å²) in [6.45, 7) is 0. The molecule has 2 N–H and O–H groups in total. The summed E-state index contributed by atoms with van der Waals surface area (Å²) in [5.41, 5.74) is 8.35. The molecule has 4 heteroatoms. The van der Waals surface area contributed by atoms with E-state index in [4.69, 9.17) is 5.73 Å². The summed E-state index contributed by atoms with van der Waals surface area (Å²) in [6, 6.07) is 15.8. The average Bonchev–Trinajstić information content (AvgIpc) is 2.40. The number of non-ortho nitro benzene ring substituents is 1. The van der Waals surface area contributed by atoms with Crippen LogP contribution in [0.1, 0.15) is 11.1 Å². The molecule has 0 unspecified atom stereocenters. The molecule has 18 heavy (non-hydrogen) atoms. The number of rotatable bonds is 3. The summed E-state index contributed by atoms with van der Waals surface area (Å²) in [7, 11) is 0. The third-order valence-corrected chi connectivity index (χ3v) is 2.53. The molecular weight excluding hydrogens is 228 g/mol. The zero-order valence-electron chi connectivity index (χ0n) is 9.61. The van der Waals surface area contributed by atoms with Crippen molar-refractivity contribution in [3.63, 3.8) is 0 Å². The maximum atomic E-state index is 10.5. The maximum Gasteiger partial charge on any atom is 0.269 e. The van der Waals surface area contributed by atoms with Crippen molar-refractivity contribution in [3.05, 3.63) is 75.8 Å². The maximum absolute atomic E-state index is 10.5. The highest BCUT2D eigenvalue weighted by atomic mass is 16.6. The molecule has 0 aliphatic heterocycles. The Kier molecular flexibility index (Phi) is 3.38. The lowest BCUT2D eigenvalue weighted by Crippen LogP contribution is -1.96. The molecule has 0 heterocycles. The van der Waals surface area contributed by atoms with Crippen LogP contribution in [0.4, 0.5) is 5.69 Å². The molecule has 0 amide bonds. The topological polar surface area (TPSA) is 69.2 Å². The van der Waals surface area contributed by atoms with E-state index in [-0.39, 0.29) is 5.69 Å². The summed E-state index contributed by atoms with van der Waals surface area (Å²) in [4.78, 5) is 10.1. The minimum absolute atomic E-state index is 0.0614. The zero-order chi connectivity index (χ0) is 13.0. The number of nitrogens with two attached hydrogens (primary N) is 1. The highest BCUT2D eigenvalue weighted by Gasteiger charge is 2.04. The van der Waals surface area contributed by atoms with Crippen LogP contribution >= 0.6 is 0 Å². The van der Waals surface area contributed by atoms with Gasteiger partial charge in [0.25, 0.3) is 5.69 Å². The number of benzene rings is 2. The lowest BCUT2D eigenvalue weighted by Gasteiger charge is -2.01. The van der Waals surface area contributed by atoms with Crippen LogP contribution in [0.15, 0.2) is 54.6 Å². The first-order valence-electron chi connectivity index (χ1n) is 5.44. The van der Waals surface area contributed by atoms with E-state index < -0.39 is 4.92 Å². The van der Waals surface area contributed by atoms with E-state index in [9.17, 15) is 10.1 Å². The zero-order valence-corrected chi connectivity index (χ0v) is 9.61. The van der Waals surface area contributed by atoms with E-state index in [1.807, 2.05) is 36.4 Å². The summed E-state index contributed by atoms with van der Waals surface area (Å²) in [5.74, 6) is 0. The van der Waals surface area contributed by atoms with Gasteiger partial charge in [-0.2, -0.15) is 0 Å². The lowest BCUT2D eigenvalue weighted by molar-refractivity contribution is -0.384. The van der Waals surface area contributed by atoms with Gasteiger partial charge in [-0.15, -0.1) is 0 Å². The third kappa shape index (κ3) is 2.74. The predicted molar refractivity (Wildman–Crippen MR) is 71.6 cm³/mol. The van der Waals surface area contributed by atoms with Gasteiger partial charge < -0.3 is 5.73 Å². The largest absolute Gasteiger partial charge is 0.398 e. The minimum Gasteiger partial charge on any atom is -0.398 e. The highest BCUT2D eigenvalue weighted by molar-refractivity contribution is 5.79. The average molecular weight is 240 g/mol. The van der Waals surface area contributed by atoms with Crippen molar-refractivity contribution in [2.75, 3.05) is 0 Å². The molecule has 2 aromatic carbocycles. The standard InChI is InChI=1S/C14H12N2O2/c15-14(10-11-4-2-1-3-5-11)12-6-8-13(9-7-12)16(17)18/h1-10H,15H2. The Hall–Kier alpha value is -2.62. The molecule has 0 aromatic heterocycles. The summed E-state index contributed by atoms with van der Waals surface area (Å²) >= 11 is 0. The van der Waals surface area contributed by atoms with Crippen LogP contribution in [0.2, 0.25) is 0 Å². The summed E-state index contributed by atoms with van der Waals surface area (Å²) < 4.78 is 0. The Morgan fingerprint density at radius 1 is 1.06 bits per heavy atom. The lowest BCUT2D eigenvalue weighted by atomic mass is 10.1. The van der Waals surface area contributed by atoms with Crippen molar-refractivity contribution in [2.45, 2.75) is 0 Å². The molecule has 2 rings (SSSR count). The van der Waals surface area contributed by atoms with E-state index >= 15 is 0 Å². The van der Waals surface area contributed by atoms with Gasteiger partial charge >= 0.3 is 0 Å². The van der Waals surface area contributed by atoms with Crippen molar-refractivity contribution >= 4 is 17.5 Å². The van der Waals surface area contributed by atoms with Crippen LogP contribution in [0.25, 0.3) is 11.8 Å². The predicted octanol–water partition coefficient (Wildman–Crippen LogP) is 3.05. The van der Waals surface area contributed by atoms with Crippen molar-refractivity contribution in [1.82, 2.24) is 0 Å². The van der Waals surface area contributed by atoms with Gasteiger partial charge in [-0.05, 0) is 29.3 Å².